The zero-order valence-electron chi connectivity index (χ0n) is 15.8. The van der Waals surface area contributed by atoms with Crippen LogP contribution in [-0.4, -0.2) is 58.9 Å². The summed E-state index contributed by atoms with van der Waals surface area (Å²) in [5, 5.41) is 0.353. The fourth-order valence-corrected chi connectivity index (χ4v) is 4.08. The third-order valence-electron chi connectivity index (χ3n) is 3.70. The average Bonchev–Trinajstić information content (AvgIpc) is 2.50. The van der Waals surface area contributed by atoms with Gasteiger partial charge in [-0.05, 0) is 39.9 Å². The zero-order chi connectivity index (χ0) is 17.5. The van der Waals surface area contributed by atoms with E-state index < -0.39 is 9.28 Å². The maximum atomic E-state index is 11.8. The summed E-state index contributed by atoms with van der Waals surface area (Å²) in [5.41, 5.74) is 0. The first-order valence-electron chi connectivity index (χ1n) is 8.98. The van der Waals surface area contributed by atoms with Crippen molar-refractivity contribution in [3.63, 3.8) is 0 Å². The highest BCUT2D eigenvalue weighted by atomic mass is 32.2. The monoisotopic (exact) mass is 363 g/mol. The summed E-state index contributed by atoms with van der Waals surface area (Å²) >= 11 is 1.50. The van der Waals surface area contributed by atoms with Crippen molar-refractivity contribution in [3.05, 3.63) is 0 Å². The van der Waals surface area contributed by atoms with E-state index in [1.54, 1.807) is 7.11 Å². The van der Waals surface area contributed by atoms with Gasteiger partial charge in [0.1, 0.15) is 0 Å². The van der Waals surface area contributed by atoms with Crippen molar-refractivity contribution in [1.29, 1.82) is 0 Å². The Kier molecular flexibility index (Phi) is 15.7. The maximum Gasteiger partial charge on any atom is 0.318 e. The molecule has 0 heterocycles. The number of rotatable bonds is 15. The predicted molar refractivity (Wildman–Crippen MR) is 104 cm³/mol. The SMILES string of the molecule is CCCCCCCC(=O)SCCCC(CN(C)C)O[SiH](C)OC. The number of hydrogen-bond donors (Lipinski definition) is 0. The molecule has 2 atom stereocenters. The van der Waals surface area contributed by atoms with Gasteiger partial charge in [-0.15, -0.1) is 0 Å². The summed E-state index contributed by atoms with van der Waals surface area (Å²) in [5.74, 6) is 0.907. The molecule has 0 aromatic rings. The molecule has 0 amide bonds. The molecule has 0 rings (SSSR count). The molecule has 4 nitrogen and oxygen atoms in total. The summed E-state index contributed by atoms with van der Waals surface area (Å²) < 4.78 is 11.3. The molecule has 23 heavy (non-hydrogen) atoms. The van der Waals surface area contributed by atoms with E-state index in [4.69, 9.17) is 8.85 Å². The Balaban J connectivity index is 3.76. The van der Waals surface area contributed by atoms with Gasteiger partial charge in [-0.3, -0.25) is 4.79 Å². The lowest BCUT2D eigenvalue weighted by molar-refractivity contribution is -0.111. The minimum absolute atomic E-state index is 0.219. The summed E-state index contributed by atoms with van der Waals surface area (Å²) in [7, 11) is 4.35. The lowest BCUT2D eigenvalue weighted by Crippen LogP contribution is -2.33. The van der Waals surface area contributed by atoms with Gasteiger partial charge in [0.2, 0.25) is 0 Å². The van der Waals surface area contributed by atoms with Crippen molar-refractivity contribution in [2.75, 3.05) is 33.5 Å². The van der Waals surface area contributed by atoms with E-state index in [0.29, 0.717) is 5.12 Å². The maximum absolute atomic E-state index is 11.8. The largest absolute Gasteiger partial charge is 0.400 e. The minimum Gasteiger partial charge on any atom is -0.400 e. The molecule has 6 heteroatoms. The molecular formula is C17H37NO3SSi. The summed E-state index contributed by atoms with van der Waals surface area (Å²) in [6.45, 7) is 5.18. The molecule has 0 bridgehead atoms. The fraction of sp³-hybridized carbons (Fsp3) is 0.941. The van der Waals surface area contributed by atoms with Crippen LogP contribution in [-0.2, 0) is 13.6 Å². The van der Waals surface area contributed by atoms with Crippen molar-refractivity contribution < 1.29 is 13.6 Å². The van der Waals surface area contributed by atoms with E-state index in [9.17, 15) is 4.79 Å². The van der Waals surface area contributed by atoms with Crippen molar-refractivity contribution in [2.24, 2.45) is 0 Å². The number of nitrogens with zero attached hydrogens (tertiary/aromatic N) is 1. The molecule has 0 N–H and O–H groups in total. The first-order valence-corrected chi connectivity index (χ1v) is 12.1. The molecule has 0 aliphatic carbocycles. The van der Waals surface area contributed by atoms with Gasteiger partial charge in [0, 0.05) is 25.8 Å². The lowest BCUT2D eigenvalue weighted by Gasteiger charge is -2.24. The standard InChI is InChI=1S/C17H37NO3SSi/c1-6-7-8-9-10-13-17(19)22-14-11-12-16(15-18(2)3)21-23(5)20-4/h16,23H,6-15H2,1-5H3. The third-order valence-corrected chi connectivity index (χ3v) is 6.15. The van der Waals surface area contributed by atoms with E-state index in [-0.39, 0.29) is 6.10 Å². The molecule has 0 fully saturated rings. The van der Waals surface area contributed by atoms with Gasteiger partial charge >= 0.3 is 9.28 Å². The molecule has 0 spiro atoms. The van der Waals surface area contributed by atoms with Crippen LogP contribution in [0.25, 0.3) is 0 Å². The molecule has 0 aromatic carbocycles. The number of hydrogen-bond acceptors (Lipinski definition) is 5. The molecule has 0 aliphatic rings. The molecule has 0 radical (unpaired) electrons. The Morgan fingerprint density at radius 3 is 2.48 bits per heavy atom. The highest BCUT2D eigenvalue weighted by molar-refractivity contribution is 8.13. The Morgan fingerprint density at radius 2 is 1.87 bits per heavy atom. The number of likely N-dealkylation sites (N-methyl/N-ethyl adjacent to an activating group) is 1. The van der Waals surface area contributed by atoms with Gasteiger partial charge in [-0.1, -0.05) is 44.4 Å². The normalized spacial score (nSPS) is 14.2. The van der Waals surface area contributed by atoms with Crippen molar-refractivity contribution in [3.8, 4) is 0 Å². The third kappa shape index (κ3) is 15.4. The van der Waals surface area contributed by atoms with Crippen molar-refractivity contribution in [2.45, 2.75) is 70.9 Å². The first kappa shape index (κ1) is 23.1. The summed E-state index contributed by atoms with van der Waals surface area (Å²) in [6, 6.07) is 0. The molecule has 138 valence electrons. The Hall–Kier alpha value is 0.117. The van der Waals surface area contributed by atoms with Gasteiger partial charge in [0.15, 0.2) is 5.12 Å². The van der Waals surface area contributed by atoms with Crippen molar-refractivity contribution >= 4 is 26.2 Å². The average molecular weight is 364 g/mol. The number of thioether (sulfide) groups is 1. The highest BCUT2D eigenvalue weighted by Gasteiger charge is 2.15. The second-order valence-corrected chi connectivity index (χ2v) is 9.38. The quantitative estimate of drug-likeness (QED) is 0.326. The first-order chi connectivity index (χ1) is 11.0. The van der Waals surface area contributed by atoms with Crippen LogP contribution in [0.15, 0.2) is 0 Å². The van der Waals surface area contributed by atoms with Crippen molar-refractivity contribution in [1.82, 2.24) is 4.90 Å². The van der Waals surface area contributed by atoms with Gasteiger partial charge in [0.05, 0.1) is 6.10 Å². The smallest absolute Gasteiger partial charge is 0.318 e. The topological polar surface area (TPSA) is 38.8 Å². The van der Waals surface area contributed by atoms with Gasteiger partial charge in [-0.25, -0.2) is 0 Å². The Bertz CT molecular complexity index is 293. The van der Waals surface area contributed by atoms with Crippen LogP contribution in [0.4, 0.5) is 0 Å². The molecule has 2 unspecified atom stereocenters. The molecular weight excluding hydrogens is 326 g/mol. The van der Waals surface area contributed by atoms with Crippen LogP contribution >= 0.6 is 11.8 Å². The molecule has 0 saturated heterocycles. The van der Waals surface area contributed by atoms with Crippen LogP contribution < -0.4 is 0 Å². The van der Waals surface area contributed by atoms with Crippen LogP contribution in [0, 0.1) is 0 Å². The number of carbonyl (C=O) groups excluding carboxylic acids is 1. The second-order valence-electron chi connectivity index (χ2n) is 6.35. The summed E-state index contributed by atoms with van der Waals surface area (Å²) in [4.78, 5) is 14.0. The second kappa shape index (κ2) is 15.6. The van der Waals surface area contributed by atoms with E-state index in [1.165, 1.54) is 37.4 Å². The predicted octanol–water partition coefficient (Wildman–Crippen LogP) is 3.83. The van der Waals surface area contributed by atoms with E-state index >= 15 is 0 Å². The highest BCUT2D eigenvalue weighted by Crippen LogP contribution is 2.15. The van der Waals surface area contributed by atoms with Gasteiger partial charge in [-0.2, -0.15) is 0 Å². The van der Waals surface area contributed by atoms with Gasteiger partial charge < -0.3 is 13.8 Å². The lowest BCUT2D eigenvalue weighted by atomic mass is 10.1. The number of unbranched alkanes of at least 4 members (excludes halogenated alkanes) is 4. The van der Waals surface area contributed by atoms with E-state index in [2.05, 4.69) is 32.5 Å². The zero-order valence-corrected chi connectivity index (χ0v) is 17.8. The fourth-order valence-electron chi connectivity index (χ4n) is 2.38. The Labute approximate surface area is 149 Å². The minimum atomic E-state index is -1.50. The molecule has 0 saturated carbocycles. The summed E-state index contributed by atoms with van der Waals surface area (Å²) in [6.07, 6.45) is 9.02. The van der Waals surface area contributed by atoms with Crippen LogP contribution in [0.3, 0.4) is 0 Å². The van der Waals surface area contributed by atoms with Crippen LogP contribution in [0.1, 0.15) is 58.3 Å². The van der Waals surface area contributed by atoms with E-state index in [0.717, 1.165) is 38.0 Å². The van der Waals surface area contributed by atoms with Gasteiger partial charge in [0.25, 0.3) is 0 Å². The molecule has 0 aliphatic heterocycles. The van der Waals surface area contributed by atoms with E-state index in [1.807, 2.05) is 0 Å². The van der Waals surface area contributed by atoms with Crippen LogP contribution in [0.5, 0.6) is 0 Å². The number of carbonyl (C=O) groups is 1. The molecule has 0 aromatic heterocycles. The van der Waals surface area contributed by atoms with Crippen LogP contribution in [0.2, 0.25) is 6.55 Å². The Morgan fingerprint density at radius 1 is 1.17 bits per heavy atom.